The second kappa shape index (κ2) is 41.4. The standard InChI is InChI=1S/C41H86N6O2/c1-2-3-4-5-6-7-8-9-10-11-12-13-14-15-16-17-18-19-20-21-22-23-24-25-26-27-34-45-38-40(48)47-41(49)39(46-37-30-33-43)31-28-35-44-36-29-32-42/h39,44-46H,2-38,42-43H2,1H3,(H,47,48,49). The summed E-state index contributed by atoms with van der Waals surface area (Å²) in [4.78, 5) is 25.0. The second-order valence-corrected chi connectivity index (χ2v) is 14.6. The quantitative estimate of drug-likeness (QED) is 0.0354. The number of carbonyl (C=O) groups excluding carboxylic acids is 2. The van der Waals surface area contributed by atoms with Crippen molar-refractivity contribution in [2.24, 2.45) is 11.5 Å². The molecule has 0 radical (unpaired) electrons. The van der Waals surface area contributed by atoms with Gasteiger partial charge < -0.3 is 27.4 Å². The lowest BCUT2D eigenvalue weighted by Gasteiger charge is -2.18. The van der Waals surface area contributed by atoms with Gasteiger partial charge in [-0.15, -0.1) is 0 Å². The molecule has 8 N–H and O–H groups in total. The predicted octanol–water partition coefficient (Wildman–Crippen LogP) is 8.41. The molecule has 0 aliphatic rings. The van der Waals surface area contributed by atoms with E-state index in [1.165, 1.54) is 161 Å². The third kappa shape index (κ3) is 38.0. The van der Waals surface area contributed by atoms with E-state index in [0.29, 0.717) is 26.1 Å². The van der Waals surface area contributed by atoms with Crippen LogP contribution in [0, 0.1) is 0 Å². The minimum absolute atomic E-state index is 0.182. The van der Waals surface area contributed by atoms with Gasteiger partial charge in [0.2, 0.25) is 11.8 Å². The maximum atomic E-state index is 12.7. The smallest absolute Gasteiger partial charge is 0.243 e. The molecule has 0 saturated heterocycles. The van der Waals surface area contributed by atoms with Crippen LogP contribution in [0.15, 0.2) is 0 Å². The molecule has 0 aromatic carbocycles. The van der Waals surface area contributed by atoms with Crippen molar-refractivity contribution < 1.29 is 9.59 Å². The zero-order chi connectivity index (χ0) is 35.7. The van der Waals surface area contributed by atoms with Gasteiger partial charge in [0, 0.05) is 0 Å². The summed E-state index contributed by atoms with van der Waals surface area (Å²) in [6, 6.07) is -0.379. The lowest BCUT2D eigenvalue weighted by molar-refractivity contribution is -0.131. The van der Waals surface area contributed by atoms with E-state index in [1.54, 1.807) is 0 Å². The average molecular weight is 695 g/mol. The Bertz CT molecular complexity index is 680. The second-order valence-electron chi connectivity index (χ2n) is 14.6. The first-order valence-electron chi connectivity index (χ1n) is 21.5. The van der Waals surface area contributed by atoms with Gasteiger partial charge in [-0.05, 0) is 71.4 Å². The van der Waals surface area contributed by atoms with Gasteiger partial charge in [-0.25, -0.2) is 0 Å². The topological polar surface area (TPSA) is 134 Å². The molecular formula is C41H86N6O2. The third-order valence-corrected chi connectivity index (χ3v) is 9.75. The van der Waals surface area contributed by atoms with Crippen LogP contribution in [0.5, 0.6) is 0 Å². The molecule has 0 heterocycles. The number of rotatable bonds is 41. The summed E-state index contributed by atoms with van der Waals surface area (Å²) in [5.41, 5.74) is 11.1. The molecule has 0 aliphatic carbocycles. The molecule has 0 spiro atoms. The van der Waals surface area contributed by atoms with Gasteiger partial charge in [-0.1, -0.05) is 167 Å². The maximum absolute atomic E-state index is 12.7. The van der Waals surface area contributed by atoms with Crippen molar-refractivity contribution in [3.63, 3.8) is 0 Å². The monoisotopic (exact) mass is 695 g/mol. The lowest BCUT2D eigenvalue weighted by atomic mass is 10.0. The molecule has 8 heteroatoms. The van der Waals surface area contributed by atoms with Crippen molar-refractivity contribution >= 4 is 11.8 Å². The summed E-state index contributed by atoms with van der Waals surface area (Å²) < 4.78 is 0. The van der Waals surface area contributed by atoms with Gasteiger partial charge in [0.1, 0.15) is 0 Å². The first-order chi connectivity index (χ1) is 24.2. The van der Waals surface area contributed by atoms with Crippen molar-refractivity contribution in [1.29, 1.82) is 0 Å². The SMILES string of the molecule is CCCCCCCCCCCCCCCCCCCCCCCCCCCCNCC(=O)NC(=O)C(CCCNCCCN)NCCCN. The van der Waals surface area contributed by atoms with E-state index in [2.05, 4.69) is 28.2 Å². The fraction of sp³-hybridized carbons (Fsp3) is 0.951. The van der Waals surface area contributed by atoms with Crippen molar-refractivity contribution in [2.75, 3.05) is 45.8 Å². The molecule has 0 rings (SSSR count). The molecule has 1 atom stereocenters. The van der Waals surface area contributed by atoms with E-state index in [4.69, 9.17) is 11.5 Å². The molecule has 0 aliphatic heterocycles. The van der Waals surface area contributed by atoms with Crippen LogP contribution in [-0.2, 0) is 9.59 Å². The van der Waals surface area contributed by atoms with Crippen molar-refractivity contribution in [3.05, 3.63) is 0 Å². The number of hydrogen-bond acceptors (Lipinski definition) is 7. The highest BCUT2D eigenvalue weighted by atomic mass is 16.2. The first kappa shape index (κ1) is 47.9. The fourth-order valence-electron chi connectivity index (χ4n) is 6.52. The van der Waals surface area contributed by atoms with Crippen molar-refractivity contribution in [3.8, 4) is 0 Å². The Balaban J connectivity index is 3.47. The molecule has 0 aromatic heterocycles. The van der Waals surface area contributed by atoms with E-state index in [9.17, 15) is 9.59 Å². The zero-order valence-electron chi connectivity index (χ0n) is 32.7. The summed E-state index contributed by atoms with van der Waals surface area (Å²) in [7, 11) is 0. The lowest BCUT2D eigenvalue weighted by Crippen LogP contribution is -2.49. The molecule has 0 fully saturated rings. The van der Waals surface area contributed by atoms with Crippen LogP contribution in [-0.4, -0.2) is 63.7 Å². The van der Waals surface area contributed by atoms with Crippen LogP contribution < -0.4 is 32.7 Å². The molecule has 0 bridgehead atoms. The number of unbranched alkanes of at least 4 members (excludes halogenated alkanes) is 25. The summed E-state index contributed by atoms with van der Waals surface area (Å²) in [6.07, 6.45) is 39.6. The minimum atomic E-state index is -0.379. The molecule has 2 amide bonds. The highest BCUT2D eigenvalue weighted by molar-refractivity contribution is 5.98. The molecule has 8 nitrogen and oxygen atoms in total. The van der Waals surface area contributed by atoms with Crippen LogP contribution in [0.25, 0.3) is 0 Å². The van der Waals surface area contributed by atoms with Gasteiger partial charge in [0.15, 0.2) is 0 Å². The largest absolute Gasteiger partial charge is 0.330 e. The number of nitrogens with one attached hydrogen (secondary N) is 4. The van der Waals surface area contributed by atoms with Gasteiger partial charge in [0.05, 0.1) is 12.6 Å². The van der Waals surface area contributed by atoms with Gasteiger partial charge in [-0.3, -0.25) is 14.9 Å². The maximum Gasteiger partial charge on any atom is 0.243 e. The third-order valence-electron chi connectivity index (χ3n) is 9.75. The Morgan fingerprint density at radius 2 is 0.816 bits per heavy atom. The Kier molecular flexibility index (Phi) is 40.5. The Labute approximate surface area is 305 Å². The number of amides is 2. The summed E-state index contributed by atoms with van der Waals surface area (Å²) in [5.74, 6) is -0.502. The van der Waals surface area contributed by atoms with Gasteiger partial charge in [-0.2, -0.15) is 0 Å². The van der Waals surface area contributed by atoms with E-state index in [0.717, 1.165) is 45.3 Å². The molecule has 49 heavy (non-hydrogen) atoms. The van der Waals surface area contributed by atoms with Crippen molar-refractivity contribution in [2.45, 2.75) is 206 Å². The van der Waals surface area contributed by atoms with Crippen LogP contribution in [0.1, 0.15) is 200 Å². The van der Waals surface area contributed by atoms with Gasteiger partial charge >= 0.3 is 0 Å². The Morgan fingerprint density at radius 1 is 0.449 bits per heavy atom. The molecule has 0 saturated carbocycles. The Hall–Kier alpha value is -1.06. The van der Waals surface area contributed by atoms with E-state index in [1.807, 2.05) is 0 Å². The number of imide groups is 1. The highest BCUT2D eigenvalue weighted by Gasteiger charge is 2.19. The Morgan fingerprint density at radius 3 is 1.24 bits per heavy atom. The average Bonchev–Trinajstić information content (AvgIpc) is 3.10. The number of nitrogens with two attached hydrogens (primary N) is 2. The molecule has 0 aromatic rings. The predicted molar refractivity (Wildman–Crippen MR) is 213 cm³/mol. The number of hydrogen-bond donors (Lipinski definition) is 6. The zero-order valence-corrected chi connectivity index (χ0v) is 32.7. The van der Waals surface area contributed by atoms with Crippen LogP contribution >= 0.6 is 0 Å². The number of carbonyl (C=O) groups is 2. The molecule has 292 valence electrons. The van der Waals surface area contributed by atoms with Crippen LogP contribution in [0.3, 0.4) is 0 Å². The summed E-state index contributed by atoms with van der Waals surface area (Å²) in [5, 5.41) is 12.4. The fourth-order valence-corrected chi connectivity index (χ4v) is 6.52. The van der Waals surface area contributed by atoms with Crippen LogP contribution in [0.2, 0.25) is 0 Å². The minimum Gasteiger partial charge on any atom is -0.330 e. The summed E-state index contributed by atoms with van der Waals surface area (Å²) >= 11 is 0. The van der Waals surface area contributed by atoms with Gasteiger partial charge in [0.25, 0.3) is 0 Å². The van der Waals surface area contributed by atoms with E-state index < -0.39 is 0 Å². The summed E-state index contributed by atoms with van der Waals surface area (Å²) in [6.45, 7) is 6.93. The first-order valence-corrected chi connectivity index (χ1v) is 21.5. The normalized spacial score (nSPS) is 12.1. The van der Waals surface area contributed by atoms with E-state index >= 15 is 0 Å². The van der Waals surface area contributed by atoms with Crippen LogP contribution in [0.4, 0.5) is 0 Å². The van der Waals surface area contributed by atoms with Crippen molar-refractivity contribution in [1.82, 2.24) is 21.3 Å². The molecular weight excluding hydrogens is 608 g/mol. The van der Waals surface area contributed by atoms with E-state index in [-0.39, 0.29) is 24.4 Å². The molecule has 1 unspecified atom stereocenters. The highest BCUT2D eigenvalue weighted by Crippen LogP contribution is 2.16.